The average Bonchev–Trinajstić information content (AvgIpc) is 2.65. The highest BCUT2D eigenvalue weighted by Gasteiger charge is 2.38. The van der Waals surface area contributed by atoms with Crippen LogP contribution in [0.15, 0.2) is 45.8 Å². The number of ketones is 1. The number of rotatable bonds is 0. The number of halogens is 2. The summed E-state index contributed by atoms with van der Waals surface area (Å²) in [5.41, 5.74) is 0.317. The van der Waals surface area contributed by atoms with E-state index in [1.54, 1.807) is 19.1 Å². The summed E-state index contributed by atoms with van der Waals surface area (Å²) < 4.78 is 26.7. The van der Waals surface area contributed by atoms with Crippen molar-refractivity contribution in [1.29, 1.82) is 10.5 Å². The van der Waals surface area contributed by atoms with Crippen LogP contribution in [0.1, 0.15) is 13.3 Å². The molecule has 0 aromatic carbocycles. The Hall–Kier alpha value is -2.53. The van der Waals surface area contributed by atoms with Gasteiger partial charge in [0.2, 0.25) is 0 Å². The Morgan fingerprint density at radius 2 is 2.11 bits per heavy atom. The molecule has 1 unspecified atom stereocenters. The predicted molar refractivity (Wildman–Crippen MR) is 62.7 cm³/mol. The lowest BCUT2D eigenvalue weighted by atomic mass is 9.92. The number of allylic oxidation sites excluding steroid dienone is 8. The van der Waals surface area contributed by atoms with Gasteiger partial charge >= 0.3 is 0 Å². The van der Waals surface area contributed by atoms with E-state index in [0.29, 0.717) is 0 Å². The van der Waals surface area contributed by atoms with E-state index in [9.17, 15) is 13.6 Å². The number of Topliss-reactive ketones (excluding diaryl/α,β-unsaturated/α-hetero) is 1. The molecule has 2 rings (SSSR count). The fraction of sp³-hybridized carbons (Fsp3) is 0.214. The van der Waals surface area contributed by atoms with Crippen molar-refractivity contribution in [1.82, 2.24) is 0 Å². The van der Waals surface area contributed by atoms with E-state index < -0.39 is 17.8 Å². The van der Waals surface area contributed by atoms with Crippen molar-refractivity contribution in [3.05, 3.63) is 45.8 Å². The Bertz CT molecular complexity index is 665. The summed E-state index contributed by atoms with van der Waals surface area (Å²) in [7, 11) is 0. The van der Waals surface area contributed by atoms with E-state index in [2.05, 4.69) is 0 Å². The second-order valence-electron chi connectivity index (χ2n) is 4.10. The molecule has 1 atom stereocenters. The predicted octanol–water partition coefficient (Wildman–Crippen LogP) is 2.75. The van der Waals surface area contributed by atoms with Crippen LogP contribution in [0, 0.1) is 22.7 Å². The molecular formula is C14H8F2N2O. The molecule has 0 heterocycles. The molecule has 0 aromatic rings. The molecule has 3 nitrogen and oxygen atoms in total. The van der Waals surface area contributed by atoms with E-state index >= 15 is 0 Å². The van der Waals surface area contributed by atoms with Crippen LogP contribution in [-0.4, -0.2) is 12.0 Å². The van der Waals surface area contributed by atoms with Gasteiger partial charge in [-0.25, -0.2) is 8.78 Å². The number of carbonyl (C=O) groups excluding carboxylic acids is 1. The zero-order valence-corrected chi connectivity index (χ0v) is 10.00. The van der Waals surface area contributed by atoms with Gasteiger partial charge in [-0.3, -0.25) is 4.79 Å². The molecule has 0 amide bonds. The minimum atomic E-state index is -1.84. The zero-order valence-electron chi connectivity index (χ0n) is 10.00. The molecule has 0 aromatic heterocycles. The van der Waals surface area contributed by atoms with Crippen LogP contribution in [-0.2, 0) is 4.79 Å². The maximum Gasteiger partial charge on any atom is 0.193 e. The Morgan fingerprint density at radius 3 is 2.63 bits per heavy atom. The van der Waals surface area contributed by atoms with Gasteiger partial charge in [-0.15, -0.1) is 0 Å². The second kappa shape index (κ2) is 4.62. The Kier molecular flexibility index (Phi) is 3.14. The SMILES string of the molecule is C/C=C1\C(=O)C2=C(CC(F)C(F)=C2)C1=C(C#N)C#N. The van der Waals surface area contributed by atoms with Crippen molar-refractivity contribution >= 4 is 5.78 Å². The number of nitriles is 2. The van der Waals surface area contributed by atoms with E-state index in [1.165, 1.54) is 6.08 Å². The monoisotopic (exact) mass is 258 g/mol. The van der Waals surface area contributed by atoms with Crippen LogP contribution in [0.4, 0.5) is 8.78 Å². The van der Waals surface area contributed by atoms with E-state index in [4.69, 9.17) is 10.5 Å². The van der Waals surface area contributed by atoms with Gasteiger partial charge in [-0.1, -0.05) is 6.08 Å². The first-order chi connectivity index (χ1) is 9.04. The Balaban J connectivity index is 2.76. The minimum Gasteiger partial charge on any atom is -0.289 e. The molecule has 2 aliphatic carbocycles. The number of nitrogens with zero attached hydrogens (tertiary/aromatic N) is 2. The van der Waals surface area contributed by atoms with E-state index in [0.717, 1.165) is 6.08 Å². The fourth-order valence-corrected chi connectivity index (χ4v) is 2.26. The molecule has 0 saturated heterocycles. The normalized spacial score (nSPS) is 23.9. The van der Waals surface area contributed by atoms with Crippen molar-refractivity contribution in [2.24, 2.45) is 0 Å². The molecule has 94 valence electrons. The zero-order chi connectivity index (χ0) is 14.2. The van der Waals surface area contributed by atoms with Crippen molar-refractivity contribution in [2.75, 3.05) is 0 Å². The summed E-state index contributed by atoms with van der Waals surface area (Å²) in [6.45, 7) is 1.57. The van der Waals surface area contributed by atoms with Gasteiger partial charge in [0.05, 0.1) is 0 Å². The van der Waals surface area contributed by atoms with Gasteiger partial charge in [-0.05, 0) is 18.6 Å². The van der Waals surface area contributed by atoms with Gasteiger partial charge in [0.15, 0.2) is 12.0 Å². The van der Waals surface area contributed by atoms with Crippen LogP contribution in [0.3, 0.4) is 0 Å². The number of alkyl halides is 1. The highest BCUT2D eigenvalue weighted by molar-refractivity contribution is 6.19. The Morgan fingerprint density at radius 1 is 1.47 bits per heavy atom. The first kappa shape index (κ1) is 12.9. The molecule has 0 fully saturated rings. The average molecular weight is 258 g/mol. The number of hydrogen-bond acceptors (Lipinski definition) is 3. The quantitative estimate of drug-likeness (QED) is 0.495. The highest BCUT2D eigenvalue weighted by atomic mass is 19.2. The highest BCUT2D eigenvalue weighted by Crippen LogP contribution is 2.43. The van der Waals surface area contributed by atoms with Crippen LogP contribution in [0.25, 0.3) is 0 Å². The third-order valence-electron chi connectivity index (χ3n) is 3.11. The molecule has 19 heavy (non-hydrogen) atoms. The molecule has 0 N–H and O–H groups in total. The Labute approximate surface area is 108 Å². The maximum atomic E-state index is 13.4. The lowest BCUT2D eigenvalue weighted by molar-refractivity contribution is -0.111. The molecule has 0 bridgehead atoms. The smallest absolute Gasteiger partial charge is 0.193 e. The summed E-state index contributed by atoms with van der Waals surface area (Å²) in [5.74, 6) is -1.48. The van der Waals surface area contributed by atoms with Crippen molar-refractivity contribution in [2.45, 2.75) is 19.5 Å². The van der Waals surface area contributed by atoms with Gasteiger partial charge < -0.3 is 0 Å². The lowest BCUT2D eigenvalue weighted by Gasteiger charge is -2.14. The standard InChI is InChI=1S/C14H8F2N2O/c1-2-8-13(7(5-17)6-18)9-3-11(15)12(16)4-10(9)14(8)19/h2,4,11H,3H2,1H3/b8-2-. The van der Waals surface area contributed by atoms with Crippen LogP contribution < -0.4 is 0 Å². The first-order valence-electron chi connectivity index (χ1n) is 5.55. The summed E-state index contributed by atoms with van der Waals surface area (Å²) >= 11 is 0. The topological polar surface area (TPSA) is 64.7 Å². The third-order valence-corrected chi connectivity index (χ3v) is 3.11. The fourth-order valence-electron chi connectivity index (χ4n) is 2.26. The summed E-state index contributed by atoms with van der Waals surface area (Å²) in [4.78, 5) is 12.1. The molecule has 2 aliphatic rings. The summed E-state index contributed by atoms with van der Waals surface area (Å²) in [6.07, 6.45) is 0.137. The second-order valence-corrected chi connectivity index (χ2v) is 4.10. The molecule has 0 aliphatic heterocycles. The largest absolute Gasteiger partial charge is 0.289 e. The van der Waals surface area contributed by atoms with Gasteiger partial charge in [0.25, 0.3) is 0 Å². The lowest BCUT2D eigenvalue weighted by Crippen LogP contribution is -2.09. The molecule has 5 heteroatoms. The van der Waals surface area contributed by atoms with Crippen molar-refractivity contribution in [3.63, 3.8) is 0 Å². The van der Waals surface area contributed by atoms with Crippen LogP contribution in [0.5, 0.6) is 0 Å². The van der Waals surface area contributed by atoms with Gasteiger partial charge in [0.1, 0.15) is 23.5 Å². The molecule has 0 saturated carbocycles. The van der Waals surface area contributed by atoms with E-state index in [-0.39, 0.29) is 34.3 Å². The van der Waals surface area contributed by atoms with Gasteiger partial charge in [0, 0.05) is 23.1 Å². The van der Waals surface area contributed by atoms with Gasteiger partial charge in [-0.2, -0.15) is 10.5 Å². The van der Waals surface area contributed by atoms with Crippen molar-refractivity contribution in [3.8, 4) is 12.1 Å². The van der Waals surface area contributed by atoms with E-state index in [1.807, 2.05) is 0 Å². The molecule has 0 radical (unpaired) electrons. The third kappa shape index (κ3) is 1.80. The number of carbonyl (C=O) groups is 1. The summed E-state index contributed by atoms with van der Waals surface area (Å²) in [5, 5.41) is 17.8. The van der Waals surface area contributed by atoms with Crippen molar-refractivity contribution < 1.29 is 13.6 Å². The first-order valence-corrected chi connectivity index (χ1v) is 5.55. The maximum absolute atomic E-state index is 13.4. The van der Waals surface area contributed by atoms with Crippen LogP contribution >= 0.6 is 0 Å². The number of hydrogen-bond donors (Lipinski definition) is 0. The molecule has 0 spiro atoms. The minimum absolute atomic E-state index is 0.0394. The van der Waals surface area contributed by atoms with Crippen LogP contribution in [0.2, 0.25) is 0 Å². The molecular weight excluding hydrogens is 250 g/mol. The summed E-state index contributed by atoms with van der Waals surface area (Å²) in [6, 6.07) is 3.38.